The molecule has 0 aliphatic carbocycles. The minimum Gasteiger partial charge on any atom is -0.478 e. The largest absolute Gasteiger partial charge is 0.478 e. The molecule has 0 radical (unpaired) electrons. The van der Waals surface area contributed by atoms with E-state index in [1.54, 1.807) is 17.0 Å². The molecule has 1 aromatic rings. The highest BCUT2D eigenvalue weighted by molar-refractivity contribution is 5.97. The van der Waals surface area contributed by atoms with Crippen molar-refractivity contribution in [3.63, 3.8) is 0 Å². The third-order valence-electron chi connectivity index (χ3n) is 2.98. The Morgan fingerprint density at radius 2 is 2.35 bits per heavy atom. The monoisotopic (exact) mass is 276 g/mol. The van der Waals surface area contributed by atoms with Crippen molar-refractivity contribution in [2.75, 3.05) is 19.7 Å². The number of carbonyl (C=O) groups excluding carboxylic acids is 1. The maximum absolute atomic E-state index is 12.4. The minimum atomic E-state index is -1.06. The summed E-state index contributed by atoms with van der Waals surface area (Å²) in [5.74, 6) is -1.27. The second-order valence-corrected chi connectivity index (χ2v) is 4.55. The summed E-state index contributed by atoms with van der Waals surface area (Å²) in [6, 6.07) is 3.34. The van der Waals surface area contributed by atoms with Gasteiger partial charge in [0.2, 0.25) is 0 Å². The maximum atomic E-state index is 12.4. The highest BCUT2D eigenvalue weighted by Gasteiger charge is 2.24. The average molecular weight is 276 g/mol. The van der Waals surface area contributed by atoms with Crippen molar-refractivity contribution in [1.82, 2.24) is 9.88 Å². The number of carbonyl (C=O) groups is 2. The van der Waals surface area contributed by atoms with Crippen molar-refractivity contribution < 1.29 is 19.4 Å². The fraction of sp³-hybridized carbons (Fsp3) is 0.357. The van der Waals surface area contributed by atoms with Crippen LogP contribution in [0.4, 0.5) is 0 Å². The predicted octanol–water partition coefficient (Wildman–Crippen LogP) is 1.04. The summed E-state index contributed by atoms with van der Waals surface area (Å²) >= 11 is 0. The number of rotatable bonds is 3. The smallest absolute Gasteiger partial charge is 0.328 e. The highest BCUT2D eigenvalue weighted by Crippen LogP contribution is 2.13. The molecule has 1 unspecified atom stereocenters. The molecular weight excluding hydrogens is 260 g/mol. The first-order chi connectivity index (χ1) is 9.58. The number of carboxylic acids is 1. The van der Waals surface area contributed by atoms with Crippen molar-refractivity contribution in [1.29, 1.82) is 0 Å². The molecule has 1 aromatic heterocycles. The van der Waals surface area contributed by atoms with Gasteiger partial charge in [-0.05, 0) is 19.1 Å². The number of nitrogens with zero attached hydrogens (tertiary/aromatic N) is 2. The van der Waals surface area contributed by atoms with Crippen LogP contribution < -0.4 is 0 Å². The molecular formula is C14H16N2O4. The number of morpholine rings is 1. The van der Waals surface area contributed by atoms with E-state index in [1.165, 1.54) is 12.3 Å². The van der Waals surface area contributed by atoms with E-state index >= 15 is 0 Å². The van der Waals surface area contributed by atoms with Gasteiger partial charge in [0.05, 0.1) is 12.7 Å². The summed E-state index contributed by atoms with van der Waals surface area (Å²) < 4.78 is 5.40. The van der Waals surface area contributed by atoms with E-state index in [-0.39, 0.29) is 17.7 Å². The van der Waals surface area contributed by atoms with E-state index in [1.807, 2.05) is 6.92 Å². The van der Waals surface area contributed by atoms with Gasteiger partial charge in [0.25, 0.3) is 5.91 Å². The molecule has 0 spiro atoms. The van der Waals surface area contributed by atoms with Crippen LogP contribution in [0.25, 0.3) is 6.08 Å². The third kappa shape index (κ3) is 3.42. The molecule has 0 saturated carbocycles. The van der Waals surface area contributed by atoms with E-state index in [2.05, 4.69) is 4.98 Å². The summed E-state index contributed by atoms with van der Waals surface area (Å²) in [7, 11) is 0. The van der Waals surface area contributed by atoms with Gasteiger partial charge < -0.3 is 14.7 Å². The third-order valence-corrected chi connectivity index (χ3v) is 2.98. The molecule has 106 valence electrons. The van der Waals surface area contributed by atoms with Gasteiger partial charge in [-0.2, -0.15) is 0 Å². The van der Waals surface area contributed by atoms with Crippen LogP contribution in [0.3, 0.4) is 0 Å². The Hall–Kier alpha value is -2.21. The van der Waals surface area contributed by atoms with Crippen molar-refractivity contribution in [2.45, 2.75) is 13.0 Å². The molecule has 1 saturated heterocycles. The van der Waals surface area contributed by atoms with Crippen molar-refractivity contribution in [2.24, 2.45) is 0 Å². The SMILES string of the molecule is CC1CN(C(=O)c2ncccc2/C=C/C(=O)O)CCO1. The number of hydrogen-bond acceptors (Lipinski definition) is 4. The Labute approximate surface area is 116 Å². The fourth-order valence-electron chi connectivity index (χ4n) is 2.04. The molecule has 20 heavy (non-hydrogen) atoms. The zero-order valence-corrected chi connectivity index (χ0v) is 11.2. The van der Waals surface area contributed by atoms with Crippen molar-refractivity contribution >= 4 is 18.0 Å². The van der Waals surface area contributed by atoms with Gasteiger partial charge >= 0.3 is 5.97 Å². The lowest BCUT2D eigenvalue weighted by Crippen LogP contribution is -2.45. The Morgan fingerprint density at radius 3 is 3.05 bits per heavy atom. The van der Waals surface area contributed by atoms with Crippen LogP contribution in [0.5, 0.6) is 0 Å². The summed E-state index contributed by atoms with van der Waals surface area (Å²) in [4.78, 5) is 28.8. The predicted molar refractivity (Wildman–Crippen MR) is 72.2 cm³/mol. The molecule has 0 bridgehead atoms. The van der Waals surface area contributed by atoms with Gasteiger partial charge in [0.1, 0.15) is 5.69 Å². The maximum Gasteiger partial charge on any atom is 0.328 e. The van der Waals surface area contributed by atoms with Gasteiger partial charge in [-0.15, -0.1) is 0 Å². The first-order valence-corrected chi connectivity index (χ1v) is 6.35. The molecule has 2 rings (SSSR count). The Balaban J connectivity index is 2.23. The first-order valence-electron chi connectivity index (χ1n) is 6.35. The Kier molecular flexibility index (Phi) is 4.47. The molecule has 2 heterocycles. The van der Waals surface area contributed by atoms with Gasteiger partial charge in [-0.25, -0.2) is 4.79 Å². The van der Waals surface area contributed by atoms with Gasteiger partial charge in [-0.3, -0.25) is 9.78 Å². The van der Waals surface area contributed by atoms with Crippen LogP contribution in [-0.4, -0.2) is 52.7 Å². The molecule has 1 amide bonds. The number of ether oxygens (including phenoxy) is 1. The number of aromatic nitrogens is 1. The zero-order valence-electron chi connectivity index (χ0n) is 11.2. The summed E-state index contributed by atoms with van der Waals surface area (Å²) in [5.41, 5.74) is 0.762. The fourth-order valence-corrected chi connectivity index (χ4v) is 2.04. The Bertz CT molecular complexity index is 542. The first kappa shape index (κ1) is 14.2. The number of hydrogen-bond donors (Lipinski definition) is 1. The van der Waals surface area contributed by atoms with E-state index < -0.39 is 5.97 Å². The quantitative estimate of drug-likeness (QED) is 0.834. The van der Waals surface area contributed by atoms with Crippen molar-refractivity contribution in [3.8, 4) is 0 Å². The number of pyridine rings is 1. The van der Waals surface area contributed by atoms with Crippen LogP contribution in [0.1, 0.15) is 23.0 Å². The number of aliphatic carboxylic acids is 1. The van der Waals surface area contributed by atoms with E-state index in [4.69, 9.17) is 9.84 Å². The molecule has 1 aliphatic heterocycles. The second kappa shape index (κ2) is 6.29. The van der Waals surface area contributed by atoms with Crippen LogP contribution in [0, 0.1) is 0 Å². The minimum absolute atomic E-state index is 0.00516. The molecule has 1 atom stereocenters. The van der Waals surface area contributed by atoms with E-state index in [9.17, 15) is 9.59 Å². The van der Waals surface area contributed by atoms with Crippen LogP contribution >= 0.6 is 0 Å². The lowest BCUT2D eigenvalue weighted by molar-refractivity contribution is -0.131. The molecule has 0 aromatic carbocycles. The summed E-state index contributed by atoms with van der Waals surface area (Å²) in [6.07, 6.45) is 3.90. The zero-order chi connectivity index (χ0) is 14.5. The molecule has 6 heteroatoms. The number of carboxylic acid groups (broad SMARTS) is 1. The highest BCUT2D eigenvalue weighted by atomic mass is 16.5. The van der Waals surface area contributed by atoms with Crippen molar-refractivity contribution in [3.05, 3.63) is 35.7 Å². The molecule has 1 N–H and O–H groups in total. The Morgan fingerprint density at radius 1 is 1.55 bits per heavy atom. The summed E-state index contributed by atoms with van der Waals surface area (Å²) in [6.45, 7) is 3.43. The van der Waals surface area contributed by atoms with Gasteiger partial charge in [0.15, 0.2) is 0 Å². The standard InChI is InChI=1S/C14H16N2O4/c1-10-9-16(7-8-20-10)14(19)13-11(3-2-6-15-13)4-5-12(17)18/h2-6,10H,7-9H2,1H3,(H,17,18)/b5-4+. The lowest BCUT2D eigenvalue weighted by atomic mass is 10.1. The second-order valence-electron chi connectivity index (χ2n) is 4.55. The van der Waals surface area contributed by atoms with E-state index in [0.29, 0.717) is 25.3 Å². The molecule has 6 nitrogen and oxygen atoms in total. The van der Waals surface area contributed by atoms with Crippen LogP contribution in [0.2, 0.25) is 0 Å². The van der Waals surface area contributed by atoms with Crippen LogP contribution in [-0.2, 0) is 9.53 Å². The summed E-state index contributed by atoms with van der Waals surface area (Å²) in [5, 5.41) is 8.67. The number of amides is 1. The molecule has 1 aliphatic rings. The average Bonchev–Trinajstić information content (AvgIpc) is 2.44. The molecule has 1 fully saturated rings. The van der Waals surface area contributed by atoms with Gasteiger partial charge in [0, 0.05) is 30.9 Å². The van der Waals surface area contributed by atoms with E-state index in [0.717, 1.165) is 6.08 Å². The lowest BCUT2D eigenvalue weighted by Gasteiger charge is -2.31. The topological polar surface area (TPSA) is 79.7 Å². The normalized spacial score (nSPS) is 19.2. The van der Waals surface area contributed by atoms with Gasteiger partial charge in [-0.1, -0.05) is 6.07 Å². The van der Waals surface area contributed by atoms with Crippen LogP contribution in [0.15, 0.2) is 24.4 Å².